The number of hydrogen-bond donors (Lipinski definition) is 1. The molecule has 104 valence electrons. The van der Waals surface area contributed by atoms with Gasteiger partial charge >= 0.3 is 0 Å². The molecule has 0 amide bonds. The lowest BCUT2D eigenvalue weighted by Gasteiger charge is -2.18. The zero-order chi connectivity index (χ0) is 13.8. The van der Waals surface area contributed by atoms with Crippen LogP contribution in [0.15, 0.2) is 54.6 Å². The quantitative estimate of drug-likeness (QED) is 0.838. The molecule has 1 saturated carbocycles. The van der Waals surface area contributed by atoms with Crippen molar-refractivity contribution in [2.75, 3.05) is 6.54 Å². The smallest absolute Gasteiger partial charge is 0.126 e. The van der Waals surface area contributed by atoms with Crippen molar-refractivity contribution in [2.45, 2.75) is 31.2 Å². The first kappa shape index (κ1) is 13.3. The van der Waals surface area contributed by atoms with Gasteiger partial charge < -0.3 is 5.32 Å². The zero-order valence-electron chi connectivity index (χ0n) is 11.6. The van der Waals surface area contributed by atoms with E-state index in [2.05, 4.69) is 29.6 Å². The topological polar surface area (TPSA) is 12.0 Å². The molecule has 0 radical (unpaired) electrons. The third kappa shape index (κ3) is 3.45. The van der Waals surface area contributed by atoms with Gasteiger partial charge in [-0.25, -0.2) is 4.39 Å². The average molecular weight is 269 g/mol. The number of nitrogens with one attached hydrogen (secondary N) is 1. The molecule has 1 aliphatic carbocycles. The van der Waals surface area contributed by atoms with Gasteiger partial charge in [-0.2, -0.15) is 0 Å². The Kier molecular flexibility index (Phi) is 4.12. The second-order valence-electron chi connectivity index (χ2n) is 5.59. The molecule has 1 fully saturated rings. The van der Waals surface area contributed by atoms with E-state index in [4.69, 9.17) is 0 Å². The van der Waals surface area contributed by atoms with Crippen LogP contribution in [0.2, 0.25) is 0 Å². The Morgan fingerprint density at radius 3 is 2.40 bits per heavy atom. The molecule has 3 rings (SSSR count). The maximum atomic E-state index is 13.9. The fourth-order valence-corrected chi connectivity index (χ4v) is 2.56. The van der Waals surface area contributed by atoms with E-state index in [1.165, 1.54) is 18.4 Å². The fourth-order valence-electron chi connectivity index (χ4n) is 2.56. The Labute approximate surface area is 119 Å². The van der Waals surface area contributed by atoms with Crippen molar-refractivity contribution >= 4 is 0 Å². The van der Waals surface area contributed by atoms with Crippen molar-refractivity contribution in [2.24, 2.45) is 0 Å². The van der Waals surface area contributed by atoms with E-state index in [-0.39, 0.29) is 5.82 Å². The van der Waals surface area contributed by atoms with Gasteiger partial charge in [-0.05, 0) is 36.5 Å². The summed E-state index contributed by atoms with van der Waals surface area (Å²) in [6, 6.07) is 18.2. The van der Waals surface area contributed by atoms with Gasteiger partial charge in [0.1, 0.15) is 5.82 Å². The van der Waals surface area contributed by atoms with Crippen molar-refractivity contribution in [1.82, 2.24) is 5.32 Å². The van der Waals surface area contributed by atoms with Crippen LogP contribution in [0, 0.1) is 5.82 Å². The molecule has 1 N–H and O–H groups in total. The first-order chi connectivity index (χ1) is 9.83. The number of benzene rings is 2. The standard InChI is InChI=1S/C18H20FN/c19-18-9-5-4-8-15(18)12-16(13-20-17-10-11-17)14-6-2-1-3-7-14/h1-9,16-17,20H,10-13H2. The fraction of sp³-hybridized carbons (Fsp3) is 0.333. The summed E-state index contributed by atoms with van der Waals surface area (Å²) in [5.41, 5.74) is 2.09. The first-order valence-corrected chi connectivity index (χ1v) is 7.34. The second-order valence-corrected chi connectivity index (χ2v) is 5.59. The molecular weight excluding hydrogens is 249 g/mol. The minimum absolute atomic E-state index is 0.0974. The maximum absolute atomic E-state index is 13.9. The molecule has 0 spiro atoms. The van der Waals surface area contributed by atoms with Crippen LogP contribution in [0.25, 0.3) is 0 Å². The summed E-state index contributed by atoms with van der Waals surface area (Å²) in [5, 5.41) is 3.57. The van der Waals surface area contributed by atoms with E-state index in [0.717, 1.165) is 18.5 Å². The molecule has 0 aliphatic heterocycles. The molecule has 0 aromatic heterocycles. The lowest BCUT2D eigenvalue weighted by Crippen LogP contribution is -2.25. The van der Waals surface area contributed by atoms with Crippen LogP contribution in [-0.4, -0.2) is 12.6 Å². The van der Waals surface area contributed by atoms with Crippen molar-refractivity contribution in [3.63, 3.8) is 0 Å². The van der Waals surface area contributed by atoms with E-state index < -0.39 is 0 Å². The van der Waals surface area contributed by atoms with Gasteiger partial charge in [0, 0.05) is 18.5 Å². The van der Waals surface area contributed by atoms with Crippen LogP contribution in [0.5, 0.6) is 0 Å². The van der Waals surface area contributed by atoms with Crippen LogP contribution in [0.4, 0.5) is 4.39 Å². The average Bonchev–Trinajstić information content (AvgIpc) is 3.30. The predicted octanol–water partition coefficient (Wildman–Crippen LogP) is 3.90. The normalized spacial score (nSPS) is 16.1. The van der Waals surface area contributed by atoms with Crippen LogP contribution in [0.1, 0.15) is 29.9 Å². The highest BCUT2D eigenvalue weighted by molar-refractivity contribution is 5.25. The molecule has 1 unspecified atom stereocenters. The summed E-state index contributed by atoms with van der Waals surface area (Å²) in [5.74, 6) is 0.230. The van der Waals surface area contributed by atoms with Crippen LogP contribution in [0.3, 0.4) is 0 Å². The van der Waals surface area contributed by atoms with Crippen molar-refractivity contribution in [3.8, 4) is 0 Å². The zero-order valence-corrected chi connectivity index (χ0v) is 11.6. The highest BCUT2D eigenvalue weighted by Crippen LogP contribution is 2.24. The number of halogens is 1. The summed E-state index contributed by atoms with van der Waals surface area (Å²) in [4.78, 5) is 0. The van der Waals surface area contributed by atoms with Crippen LogP contribution in [-0.2, 0) is 6.42 Å². The molecule has 1 atom stereocenters. The summed E-state index contributed by atoms with van der Waals surface area (Å²) in [6.07, 6.45) is 3.30. The predicted molar refractivity (Wildman–Crippen MR) is 80.3 cm³/mol. The molecule has 0 saturated heterocycles. The van der Waals surface area contributed by atoms with E-state index in [9.17, 15) is 4.39 Å². The maximum Gasteiger partial charge on any atom is 0.126 e. The van der Waals surface area contributed by atoms with Gasteiger partial charge in [0.15, 0.2) is 0 Å². The lowest BCUT2D eigenvalue weighted by molar-refractivity contribution is 0.552. The molecule has 20 heavy (non-hydrogen) atoms. The minimum Gasteiger partial charge on any atom is -0.313 e. The van der Waals surface area contributed by atoms with Crippen LogP contribution >= 0.6 is 0 Å². The van der Waals surface area contributed by atoms with Gasteiger partial charge in [0.2, 0.25) is 0 Å². The monoisotopic (exact) mass is 269 g/mol. The van der Waals surface area contributed by atoms with Crippen molar-refractivity contribution < 1.29 is 4.39 Å². The summed E-state index contributed by atoms with van der Waals surface area (Å²) >= 11 is 0. The van der Waals surface area contributed by atoms with E-state index in [1.54, 1.807) is 12.1 Å². The van der Waals surface area contributed by atoms with Crippen LogP contribution < -0.4 is 5.32 Å². The molecule has 1 nitrogen and oxygen atoms in total. The molecule has 0 heterocycles. The van der Waals surface area contributed by atoms with Crippen molar-refractivity contribution in [3.05, 3.63) is 71.5 Å². The van der Waals surface area contributed by atoms with E-state index in [0.29, 0.717) is 12.0 Å². The Balaban J connectivity index is 1.76. The Morgan fingerprint density at radius 2 is 1.70 bits per heavy atom. The van der Waals surface area contributed by atoms with Crippen molar-refractivity contribution in [1.29, 1.82) is 0 Å². The molecule has 0 bridgehead atoms. The third-order valence-corrected chi connectivity index (χ3v) is 3.93. The summed E-state index contributed by atoms with van der Waals surface area (Å²) in [6.45, 7) is 0.920. The third-order valence-electron chi connectivity index (χ3n) is 3.93. The molecular formula is C18H20FN. The Bertz CT molecular complexity index is 548. The summed E-state index contributed by atoms with van der Waals surface area (Å²) in [7, 11) is 0. The Morgan fingerprint density at radius 1 is 1.00 bits per heavy atom. The van der Waals surface area contributed by atoms with E-state index in [1.807, 2.05) is 18.2 Å². The van der Waals surface area contributed by atoms with Gasteiger partial charge in [-0.15, -0.1) is 0 Å². The highest BCUT2D eigenvalue weighted by atomic mass is 19.1. The lowest BCUT2D eigenvalue weighted by atomic mass is 9.91. The first-order valence-electron chi connectivity index (χ1n) is 7.34. The van der Waals surface area contributed by atoms with Gasteiger partial charge in [-0.1, -0.05) is 48.5 Å². The molecule has 2 heteroatoms. The largest absolute Gasteiger partial charge is 0.313 e. The van der Waals surface area contributed by atoms with Gasteiger partial charge in [0.25, 0.3) is 0 Å². The highest BCUT2D eigenvalue weighted by Gasteiger charge is 2.23. The number of rotatable bonds is 6. The molecule has 1 aliphatic rings. The summed E-state index contributed by atoms with van der Waals surface area (Å²) < 4.78 is 13.9. The number of hydrogen-bond acceptors (Lipinski definition) is 1. The Hall–Kier alpha value is -1.67. The minimum atomic E-state index is -0.0974. The molecule has 2 aromatic rings. The second kappa shape index (κ2) is 6.19. The van der Waals surface area contributed by atoms with Gasteiger partial charge in [-0.3, -0.25) is 0 Å². The van der Waals surface area contributed by atoms with E-state index >= 15 is 0 Å². The SMILES string of the molecule is Fc1ccccc1CC(CNC1CC1)c1ccccc1. The molecule has 2 aromatic carbocycles. The van der Waals surface area contributed by atoms with Gasteiger partial charge in [0.05, 0.1) is 0 Å².